The van der Waals surface area contributed by atoms with Gasteiger partial charge in [-0.2, -0.15) is 0 Å². The quantitative estimate of drug-likeness (QED) is 0.810. The highest BCUT2D eigenvalue weighted by Crippen LogP contribution is 2.37. The van der Waals surface area contributed by atoms with Gasteiger partial charge in [-0.15, -0.1) is 0 Å². The van der Waals surface area contributed by atoms with Crippen molar-refractivity contribution in [2.24, 2.45) is 5.92 Å². The van der Waals surface area contributed by atoms with Crippen molar-refractivity contribution in [3.63, 3.8) is 0 Å². The number of amides is 1. The number of ether oxygens (including phenoxy) is 1. The second-order valence-electron chi connectivity index (χ2n) is 7.92. The molecule has 4 rings (SSSR count). The SMILES string of the molecule is O=C(Nc1ccc(N2CCOCC2)cc1)[C@@H](c1ccccc1)C1CCCCC1. The number of benzene rings is 2. The van der Waals surface area contributed by atoms with Crippen LogP contribution in [0.25, 0.3) is 0 Å². The van der Waals surface area contributed by atoms with E-state index in [0.717, 1.165) is 50.4 Å². The summed E-state index contributed by atoms with van der Waals surface area (Å²) < 4.78 is 5.42. The zero-order valence-corrected chi connectivity index (χ0v) is 16.5. The van der Waals surface area contributed by atoms with Gasteiger partial charge in [0, 0.05) is 24.5 Å². The van der Waals surface area contributed by atoms with Crippen molar-refractivity contribution < 1.29 is 9.53 Å². The van der Waals surface area contributed by atoms with Crippen LogP contribution < -0.4 is 10.2 Å². The minimum absolute atomic E-state index is 0.0691. The van der Waals surface area contributed by atoms with Gasteiger partial charge in [0.15, 0.2) is 0 Å². The molecule has 1 aliphatic carbocycles. The smallest absolute Gasteiger partial charge is 0.232 e. The van der Waals surface area contributed by atoms with E-state index in [1.54, 1.807) is 0 Å². The lowest BCUT2D eigenvalue weighted by atomic mass is 9.76. The standard InChI is InChI=1S/C24H30N2O2/c27-24(23(19-7-3-1-4-8-19)20-9-5-2-6-10-20)25-21-11-13-22(14-12-21)26-15-17-28-18-16-26/h1,3-4,7-8,11-14,20,23H,2,5-6,9-10,15-18H2,(H,25,27)/t23-/m0/s1. The number of carbonyl (C=O) groups excluding carboxylic acids is 1. The molecule has 0 bridgehead atoms. The molecule has 4 nitrogen and oxygen atoms in total. The first-order chi connectivity index (χ1) is 13.8. The van der Waals surface area contributed by atoms with Crippen molar-refractivity contribution in [2.45, 2.75) is 38.0 Å². The highest BCUT2D eigenvalue weighted by atomic mass is 16.5. The first-order valence-electron chi connectivity index (χ1n) is 10.6. The van der Waals surface area contributed by atoms with E-state index in [1.165, 1.54) is 24.9 Å². The van der Waals surface area contributed by atoms with Crippen LogP contribution >= 0.6 is 0 Å². The molecule has 1 saturated carbocycles. The highest BCUT2D eigenvalue weighted by Gasteiger charge is 2.31. The second kappa shape index (κ2) is 9.24. The Bertz CT molecular complexity index is 748. The van der Waals surface area contributed by atoms with Gasteiger partial charge in [-0.1, -0.05) is 49.6 Å². The Morgan fingerprint density at radius 2 is 1.61 bits per heavy atom. The van der Waals surface area contributed by atoms with Crippen LogP contribution in [0.2, 0.25) is 0 Å². The lowest BCUT2D eigenvalue weighted by Crippen LogP contribution is -2.36. The predicted octanol–water partition coefficient (Wildman–Crippen LogP) is 4.83. The third-order valence-electron chi connectivity index (χ3n) is 6.07. The van der Waals surface area contributed by atoms with Crippen LogP contribution in [0.4, 0.5) is 11.4 Å². The van der Waals surface area contributed by atoms with Gasteiger partial charge in [0.05, 0.1) is 19.1 Å². The summed E-state index contributed by atoms with van der Waals surface area (Å²) in [7, 11) is 0. The Morgan fingerprint density at radius 1 is 0.929 bits per heavy atom. The summed E-state index contributed by atoms with van der Waals surface area (Å²) in [5.74, 6) is 0.487. The summed E-state index contributed by atoms with van der Waals surface area (Å²) in [6.07, 6.45) is 6.04. The van der Waals surface area contributed by atoms with Crippen LogP contribution in [-0.2, 0) is 9.53 Å². The summed E-state index contributed by atoms with van der Waals surface area (Å²) in [6, 6.07) is 18.5. The lowest BCUT2D eigenvalue weighted by Gasteiger charge is -2.30. The Morgan fingerprint density at radius 3 is 2.29 bits per heavy atom. The Labute approximate surface area is 167 Å². The molecule has 0 spiro atoms. The fraction of sp³-hybridized carbons (Fsp3) is 0.458. The zero-order valence-electron chi connectivity index (χ0n) is 16.5. The number of hydrogen-bond acceptors (Lipinski definition) is 3. The van der Waals surface area contributed by atoms with Crippen molar-refractivity contribution in [2.75, 3.05) is 36.5 Å². The third-order valence-corrected chi connectivity index (χ3v) is 6.07. The molecule has 2 aliphatic rings. The van der Waals surface area contributed by atoms with E-state index in [9.17, 15) is 4.79 Å². The van der Waals surface area contributed by atoms with Gasteiger partial charge in [-0.05, 0) is 48.6 Å². The van der Waals surface area contributed by atoms with E-state index in [0.29, 0.717) is 5.92 Å². The summed E-state index contributed by atoms with van der Waals surface area (Å²) in [4.78, 5) is 15.6. The van der Waals surface area contributed by atoms with E-state index in [2.05, 4.69) is 34.5 Å². The van der Waals surface area contributed by atoms with Crippen LogP contribution in [0, 0.1) is 5.92 Å². The van der Waals surface area contributed by atoms with Crippen LogP contribution in [0.5, 0.6) is 0 Å². The van der Waals surface area contributed by atoms with E-state index in [4.69, 9.17) is 4.74 Å². The molecule has 0 radical (unpaired) electrons. The number of rotatable bonds is 5. The van der Waals surface area contributed by atoms with Crippen LogP contribution in [-0.4, -0.2) is 32.2 Å². The molecule has 28 heavy (non-hydrogen) atoms. The summed E-state index contributed by atoms with van der Waals surface area (Å²) in [5.41, 5.74) is 3.20. The molecule has 148 valence electrons. The number of nitrogens with one attached hydrogen (secondary N) is 1. The van der Waals surface area contributed by atoms with Gasteiger partial charge in [0.1, 0.15) is 0 Å². The lowest BCUT2D eigenvalue weighted by molar-refractivity contribution is -0.119. The largest absolute Gasteiger partial charge is 0.378 e. The average Bonchev–Trinajstić information content (AvgIpc) is 2.77. The molecule has 1 saturated heterocycles. The molecule has 1 heterocycles. The molecule has 2 fully saturated rings. The molecule has 1 atom stereocenters. The molecule has 4 heteroatoms. The fourth-order valence-corrected chi connectivity index (χ4v) is 4.56. The molecular formula is C24H30N2O2. The maximum atomic E-state index is 13.3. The monoisotopic (exact) mass is 378 g/mol. The maximum absolute atomic E-state index is 13.3. The molecule has 2 aromatic rings. The van der Waals surface area contributed by atoms with Crippen molar-refractivity contribution >= 4 is 17.3 Å². The average molecular weight is 379 g/mol. The van der Waals surface area contributed by atoms with Crippen LogP contribution in [0.15, 0.2) is 54.6 Å². The minimum Gasteiger partial charge on any atom is -0.378 e. The number of nitrogens with zero attached hydrogens (tertiary/aromatic N) is 1. The van der Waals surface area contributed by atoms with Crippen molar-refractivity contribution in [1.29, 1.82) is 0 Å². The maximum Gasteiger partial charge on any atom is 0.232 e. The first-order valence-corrected chi connectivity index (χ1v) is 10.6. The van der Waals surface area contributed by atoms with Crippen molar-refractivity contribution in [3.05, 3.63) is 60.2 Å². The fourth-order valence-electron chi connectivity index (χ4n) is 4.56. The van der Waals surface area contributed by atoms with Gasteiger partial charge >= 0.3 is 0 Å². The molecular weight excluding hydrogens is 348 g/mol. The molecule has 1 aliphatic heterocycles. The van der Waals surface area contributed by atoms with E-state index in [-0.39, 0.29) is 11.8 Å². The van der Waals surface area contributed by atoms with Crippen molar-refractivity contribution in [3.8, 4) is 0 Å². The summed E-state index contributed by atoms with van der Waals surface area (Å²) >= 11 is 0. The Kier molecular flexibility index (Phi) is 6.27. The predicted molar refractivity (Wildman–Crippen MR) is 114 cm³/mol. The third kappa shape index (κ3) is 4.56. The van der Waals surface area contributed by atoms with E-state index < -0.39 is 0 Å². The normalized spacial score (nSPS) is 19.2. The second-order valence-corrected chi connectivity index (χ2v) is 7.92. The zero-order chi connectivity index (χ0) is 19.2. The van der Waals surface area contributed by atoms with Gasteiger partial charge in [0.25, 0.3) is 0 Å². The van der Waals surface area contributed by atoms with Gasteiger partial charge in [-0.25, -0.2) is 0 Å². The topological polar surface area (TPSA) is 41.6 Å². The first kappa shape index (κ1) is 19.0. The van der Waals surface area contributed by atoms with Gasteiger partial charge < -0.3 is 15.0 Å². The summed E-state index contributed by atoms with van der Waals surface area (Å²) in [6.45, 7) is 3.39. The van der Waals surface area contributed by atoms with Crippen LogP contribution in [0.3, 0.4) is 0 Å². The molecule has 1 amide bonds. The van der Waals surface area contributed by atoms with Crippen LogP contribution in [0.1, 0.15) is 43.6 Å². The number of anilines is 2. The highest BCUT2D eigenvalue weighted by molar-refractivity contribution is 5.96. The van der Waals surface area contributed by atoms with E-state index >= 15 is 0 Å². The van der Waals surface area contributed by atoms with Crippen molar-refractivity contribution in [1.82, 2.24) is 0 Å². The minimum atomic E-state index is -0.0691. The van der Waals surface area contributed by atoms with E-state index in [1.807, 2.05) is 30.3 Å². The molecule has 1 N–H and O–H groups in total. The molecule has 0 unspecified atom stereocenters. The Hall–Kier alpha value is -2.33. The van der Waals surface area contributed by atoms with Gasteiger partial charge in [0.2, 0.25) is 5.91 Å². The van der Waals surface area contributed by atoms with Gasteiger partial charge in [-0.3, -0.25) is 4.79 Å². The number of morpholine rings is 1. The Balaban J connectivity index is 1.47. The summed E-state index contributed by atoms with van der Waals surface area (Å²) in [5, 5.41) is 3.19. The molecule has 2 aromatic carbocycles. The number of hydrogen-bond donors (Lipinski definition) is 1. The molecule has 0 aromatic heterocycles. The number of carbonyl (C=O) groups is 1.